The van der Waals surface area contributed by atoms with E-state index in [-0.39, 0.29) is 17.6 Å². The second kappa shape index (κ2) is 9.00. The number of carbonyl (C=O) groups excluding carboxylic acids is 1. The van der Waals surface area contributed by atoms with Crippen molar-refractivity contribution in [2.24, 2.45) is 0 Å². The van der Waals surface area contributed by atoms with E-state index in [0.29, 0.717) is 36.6 Å². The van der Waals surface area contributed by atoms with E-state index in [1.54, 1.807) is 21.0 Å². The molecule has 1 amide bonds. The molecule has 0 N–H and O–H groups in total. The molecule has 1 aliphatic heterocycles. The Morgan fingerprint density at radius 3 is 2.69 bits per heavy atom. The number of carbonyl (C=O) groups is 1. The Labute approximate surface area is 170 Å². The maximum Gasteiger partial charge on any atom is 0.257 e. The first-order valence-corrected chi connectivity index (χ1v) is 9.91. The SMILES string of the molecule is CCC1CN(C(=O)c2c(C)nn(-c3ccc(F)cc3F)c2C)CCN1CCOC. The molecule has 29 heavy (non-hydrogen) atoms. The number of halogens is 2. The van der Waals surface area contributed by atoms with Gasteiger partial charge in [-0.25, -0.2) is 13.5 Å². The summed E-state index contributed by atoms with van der Waals surface area (Å²) in [6, 6.07) is 3.60. The van der Waals surface area contributed by atoms with Crippen molar-refractivity contribution in [3.63, 3.8) is 0 Å². The van der Waals surface area contributed by atoms with Gasteiger partial charge in [-0.1, -0.05) is 6.92 Å². The molecule has 1 aromatic carbocycles. The summed E-state index contributed by atoms with van der Waals surface area (Å²) in [5, 5.41) is 4.36. The predicted molar refractivity (Wildman–Crippen MR) is 106 cm³/mol. The largest absolute Gasteiger partial charge is 0.383 e. The molecule has 0 bridgehead atoms. The molecule has 158 valence electrons. The first-order valence-electron chi connectivity index (χ1n) is 9.91. The smallest absolute Gasteiger partial charge is 0.257 e. The van der Waals surface area contributed by atoms with Crippen LogP contribution in [0.5, 0.6) is 0 Å². The summed E-state index contributed by atoms with van der Waals surface area (Å²) in [5.74, 6) is -1.47. The quantitative estimate of drug-likeness (QED) is 0.740. The van der Waals surface area contributed by atoms with Crippen LogP contribution in [0.4, 0.5) is 8.78 Å². The van der Waals surface area contributed by atoms with Gasteiger partial charge >= 0.3 is 0 Å². The fourth-order valence-electron chi connectivity index (χ4n) is 3.97. The number of aromatic nitrogens is 2. The van der Waals surface area contributed by atoms with Crippen molar-refractivity contribution in [1.82, 2.24) is 19.6 Å². The van der Waals surface area contributed by atoms with Gasteiger partial charge < -0.3 is 9.64 Å². The van der Waals surface area contributed by atoms with E-state index in [0.717, 1.165) is 25.6 Å². The monoisotopic (exact) mass is 406 g/mol. The highest BCUT2D eigenvalue weighted by Gasteiger charge is 2.31. The van der Waals surface area contributed by atoms with E-state index in [1.165, 1.54) is 16.8 Å². The third-order valence-electron chi connectivity index (χ3n) is 5.59. The molecule has 0 saturated carbocycles. The van der Waals surface area contributed by atoms with Crippen LogP contribution in [0, 0.1) is 25.5 Å². The second-order valence-electron chi connectivity index (χ2n) is 7.40. The van der Waals surface area contributed by atoms with Gasteiger partial charge in [0.2, 0.25) is 0 Å². The summed E-state index contributed by atoms with van der Waals surface area (Å²) in [7, 11) is 1.69. The van der Waals surface area contributed by atoms with Crippen molar-refractivity contribution < 1.29 is 18.3 Å². The van der Waals surface area contributed by atoms with E-state index in [2.05, 4.69) is 16.9 Å². The third-order valence-corrected chi connectivity index (χ3v) is 5.59. The van der Waals surface area contributed by atoms with E-state index in [9.17, 15) is 13.6 Å². The first-order chi connectivity index (χ1) is 13.9. The maximum atomic E-state index is 14.2. The highest BCUT2D eigenvalue weighted by atomic mass is 19.1. The molecule has 1 aliphatic rings. The Balaban J connectivity index is 1.84. The van der Waals surface area contributed by atoms with Crippen molar-refractivity contribution in [2.75, 3.05) is 39.9 Å². The zero-order chi connectivity index (χ0) is 21.1. The lowest BCUT2D eigenvalue weighted by atomic mass is 10.1. The second-order valence-corrected chi connectivity index (χ2v) is 7.40. The highest BCUT2D eigenvalue weighted by Crippen LogP contribution is 2.23. The number of benzene rings is 1. The van der Waals surface area contributed by atoms with Crippen LogP contribution in [-0.2, 0) is 4.74 Å². The molecule has 6 nitrogen and oxygen atoms in total. The van der Waals surface area contributed by atoms with Crippen LogP contribution in [0.3, 0.4) is 0 Å². The fraction of sp³-hybridized carbons (Fsp3) is 0.524. The van der Waals surface area contributed by atoms with E-state index in [1.807, 2.05) is 4.90 Å². The van der Waals surface area contributed by atoms with E-state index < -0.39 is 11.6 Å². The number of methoxy groups -OCH3 is 1. The summed E-state index contributed by atoms with van der Waals surface area (Å²) in [4.78, 5) is 17.5. The van der Waals surface area contributed by atoms with Crippen LogP contribution in [0.2, 0.25) is 0 Å². The lowest BCUT2D eigenvalue weighted by molar-refractivity contribution is 0.0383. The molecule has 1 fully saturated rings. The van der Waals surface area contributed by atoms with Crippen molar-refractivity contribution in [1.29, 1.82) is 0 Å². The standard InChI is InChI=1S/C21H28F2N4O2/c1-5-17-13-26(9-8-25(17)10-11-29-4)21(28)20-14(2)24-27(15(20)3)19-7-6-16(22)12-18(19)23/h6-7,12,17H,5,8-11,13H2,1-4H3. The molecule has 0 spiro atoms. The third kappa shape index (κ3) is 4.33. The van der Waals surface area contributed by atoms with Gasteiger partial charge in [0.25, 0.3) is 5.91 Å². The highest BCUT2D eigenvalue weighted by molar-refractivity contribution is 5.96. The molecule has 3 rings (SSSR count). The van der Waals surface area contributed by atoms with Crippen molar-refractivity contribution in [3.8, 4) is 5.69 Å². The van der Waals surface area contributed by atoms with Gasteiger partial charge in [0.15, 0.2) is 5.82 Å². The number of aryl methyl sites for hydroxylation is 1. The van der Waals surface area contributed by atoms with Crippen molar-refractivity contribution in [3.05, 3.63) is 46.8 Å². The molecular formula is C21H28F2N4O2. The van der Waals surface area contributed by atoms with Crippen LogP contribution < -0.4 is 0 Å². The molecule has 1 saturated heterocycles. The Morgan fingerprint density at radius 2 is 2.03 bits per heavy atom. The van der Waals surface area contributed by atoms with Crippen LogP contribution >= 0.6 is 0 Å². The Kier molecular flexibility index (Phi) is 6.64. The van der Waals surface area contributed by atoms with Gasteiger partial charge in [0.05, 0.1) is 23.6 Å². The lowest BCUT2D eigenvalue weighted by Gasteiger charge is -2.41. The Hall–Kier alpha value is -2.32. The van der Waals surface area contributed by atoms with Crippen molar-refractivity contribution >= 4 is 5.91 Å². The Bertz CT molecular complexity index is 884. The van der Waals surface area contributed by atoms with E-state index in [4.69, 9.17) is 4.74 Å². The molecule has 0 aliphatic carbocycles. The normalized spacial score (nSPS) is 17.7. The van der Waals surface area contributed by atoms with Gasteiger partial charge in [-0.2, -0.15) is 5.10 Å². The molecule has 1 aromatic heterocycles. The zero-order valence-electron chi connectivity index (χ0n) is 17.4. The topological polar surface area (TPSA) is 50.6 Å². The Morgan fingerprint density at radius 1 is 1.28 bits per heavy atom. The van der Waals surface area contributed by atoms with E-state index >= 15 is 0 Å². The predicted octanol–water partition coefficient (Wildman–Crippen LogP) is 2.95. The fourth-order valence-corrected chi connectivity index (χ4v) is 3.97. The summed E-state index contributed by atoms with van der Waals surface area (Å²) in [5.41, 5.74) is 1.69. The first kappa shape index (κ1) is 21.4. The van der Waals surface area contributed by atoms with Crippen LogP contribution in [0.15, 0.2) is 18.2 Å². The van der Waals surface area contributed by atoms with Crippen LogP contribution in [0.25, 0.3) is 5.69 Å². The zero-order valence-corrected chi connectivity index (χ0v) is 17.4. The summed E-state index contributed by atoms with van der Waals surface area (Å²) < 4.78 is 34.1. The summed E-state index contributed by atoms with van der Waals surface area (Å²) in [6.07, 6.45) is 0.936. The average Bonchev–Trinajstić information content (AvgIpc) is 2.99. The number of rotatable bonds is 6. The van der Waals surface area contributed by atoms with Gasteiger partial charge in [0, 0.05) is 45.4 Å². The van der Waals surface area contributed by atoms with Gasteiger partial charge in [0.1, 0.15) is 11.5 Å². The minimum absolute atomic E-state index is 0.0985. The molecule has 0 radical (unpaired) electrons. The number of amides is 1. The molecular weight excluding hydrogens is 378 g/mol. The average molecular weight is 406 g/mol. The minimum Gasteiger partial charge on any atom is -0.383 e. The lowest BCUT2D eigenvalue weighted by Crippen LogP contribution is -2.55. The molecule has 2 aromatic rings. The molecule has 1 atom stereocenters. The minimum atomic E-state index is -0.715. The van der Waals surface area contributed by atoms with Crippen LogP contribution in [0.1, 0.15) is 35.1 Å². The molecule has 2 heterocycles. The summed E-state index contributed by atoms with van der Waals surface area (Å²) in [6.45, 7) is 9.14. The molecule has 1 unspecified atom stereocenters. The van der Waals surface area contributed by atoms with Crippen molar-refractivity contribution in [2.45, 2.75) is 33.2 Å². The summed E-state index contributed by atoms with van der Waals surface area (Å²) >= 11 is 0. The number of ether oxygens (including phenoxy) is 1. The van der Waals surface area contributed by atoms with Gasteiger partial charge in [-0.15, -0.1) is 0 Å². The maximum absolute atomic E-state index is 14.2. The number of piperazine rings is 1. The van der Waals surface area contributed by atoms with Crippen LogP contribution in [-0.4, -0.2) is 71.4 Å². The van der Waals surface area contributed by atoms with Gasteiger partial charge in [-0.05, 0) is 32.4 Å². The van der Waals surface area contributed by atoms with Gasteiger partial charge in [-0.3, -0.25) is 9.69 Å². The number of hydrogen-bond acceptors (Lipinski definition) is 4. The number of hydrogen-bond donors (Lipinski definition) is 0. The molecule has 8 heteroatoms. The number of nitrogens with zero attached hydrogens (tertiary/aromatic N) is 4.